The van der Waals surface area contributed by atoms with E-state index >= 15 is 0 Å². The van der Waals surface area contributed by atoms with Gasteiger partial charge in [0.1, 0.15) is 0 Å². The van der Waals surface area contributed by atoms with Gasteiger partial charge in [-0.15, -0.1) is 0 Å². The highest BCUT2D eigenvalue weighted by Gasteiger charge is 2.40. The van der Waals surface area contributed by atoms with Gasteiger partial charge in [-0.2, -0.15) is 0 Å². The molecule has 0 saturated carbocycles. The van der Waals surface area contributed by atoms with Gasteiger partial charge in [0.2, 0.25) is 11.8 Å². The van der Waals surface area contributed by atoms with Crippen LogP contribution >= 0.6 is 0 Å². The number of nitrogens with zero attached hydrogens (tertiary/aromatic N) is 1. The van der Waals surface area contributed by atoms with Gasteiger partial charge in [0, 0.05) is 20.8 Å². The normalized spacial score (nSPS) is 23.8. The highest BCUT2D eigenvalue weighted by molar-refractivity contribution is 5.79. The topological polar surface area (TPSA) is 81.9 Å². The van der Waals surface area contributed by atoms with Gasteiger partial charge < -0.3 is 20.1 Å². The quantitative estimate of drug-likeness (QED) is 0.650. The number of hydrogen-bond acceptors (Lipinski definition) is 4. The Labute approximate surface area is 152 Å². The van der Waals surface area contributed by atoms with Gasteiger partial charge in [-0.1, -0.05) is 34.1 Å². The Morgan fingerprint density at radius 3 is 2.32 bits per heavy atom. The third kappa shape index (κ3) is 5.42. The molecule has 0 aromatic rings. The minimum Gasteiger partial charge on any atom is -0.381 e. The number of likely N-dealkylation sites (tertiary alicyclic amines) is 1. The highest BCUT2D eigenvalue weighted by atomic mass is 16.5. The van der Waals surface area contributed by atoms with Gasteiger partial charge in [-0.25, -0.2) is 0 Å². The fourth-order valence-electron chi connectivity index (χ4n) is 3.81. The van der Waals surface area contributed by atoms with Gasteiger partial charge in [0.05, 0.1) is 30.6 Å². The van der Waals surface area contributed by atoms with E-state index in [1.54, 1.807) is 21.1 Å². The number of carbonyl (C=O) groups is 2. The molecule has 25 heavy (non-hydrogen) atoms. The molecule has 0 aromatic heterocycles. The molecule has 2 N–H and O–H groups in total. The molecule has 1 aliphatic heterocycles. The van der Waals surface area contributed by atoms with E-state index in [0.717, 1.165) is 19.3 Å². The second kappa shape index (κ2) is 10.1. The standard InChI is InChI=1S/C19H36N2O4/c1-7-12(2)13(3)16(24-5)11-17(22)21-10-8-9-15(21)18(25-6)14(4)19(20)23/h12-16,18H,7-11H2,1-6H3,(H2,20,23)/t12?,13-,14?,15-,16?,18?/m0/s1. The number of rotatable bonds is 10. The Morgan fingerprint density at radius 2 is 1.84 bits per heavy atom. The van der Waals surface area contributed by atoms with Crippen LogP contribution in [0, 0.1) is 17.8 Å². The van der Waals surface area contributed by atoms with Crippen LogP contribution in [0.2, 0.25) is 0 Å². The van der Waals surface area contributed by atoms with Gasteiger partial charge in [-0.3, -0.25) is 9.59 Å². The first-order chi connectivity index (χ1) is 11.8. The van der Waals surface area contributed by atoms with E-state index in [2.05, 4.69) is 20.8 Å². The summed E-state index contributed by atoms with van der Waals surface area (Å²) in [6, 6.07) is -0.101. The van der Waals surface area contributed by atoms with Crippen LogP contribution in [0.4, 0.5) is 0 Å². The maximum atomic E-state index is 12.9. The van der Waals surface area contributed by atoms with E-state index < -0.39 is 11.8 Å². The van der Waals surface area contributed by atoms with Crippen LogP contribution in [0.15, 0.2) is 0 Å². The first kappa shape index (κ1) is 21.9. The summed E-state index contributed by atoms with van der Waals surface area (Å²) in [6.07, 6.45) is 2.71. The summed E-state index contributed by atoms with van der Waals surface area (Å²) in [5, 5.41) is 0. The average Bonchev–Trinajstić information content (AvgIpc) is 3.08. The predicted octanol–water partition coefficient (Wildman–Crippen LogP) is 2.20. The maximum absolute atomic E-state index is 12.9. The van der Waals surface area contributed by atoms with E-state index in [4.69, 9.17) is 15.2 Å². The summed E-state index contributed by atoms with van der Waals surface area (Å²) in [5.41, 5.74) is 5.45. The van der Waals surface area contributed by atoms with E-state index in [-0.39, 0.29) is 24.2 Å². The molecule has 1 aliphatic rings. The third-order valence-electron chi connectivity index (χ3n) is 6.02. The molecular formula is C19H36N2O4. The van der Waals surface area contributed by atoms with E-state index in [9.17, 15) is 9.59 Å². The Balaban J connectivity index is 2.83. The molecule has 0 radical (unpaired) electrons. The summed E-state index contributed by atoms with van der Waals surface area (Å²) in [5.74, 6) is 0.0479. The Hall–Kier alpha value is -1.14. The fraction of sp³-hybridized carbons (Fsp3) is 0.895. The SMILES string of the molecule is CCC(C)[C@H](C)C(CC(=O)N1CCC[C@H]1C(OC)C(C)C(N)=O)OC. The van der Waals surface area contributed by atoms with Gasteiger partial charge in [0.25, 0.3) is 0 Å². The van der Waals surface area contributed by atoms with Crippen molar-refractivity contribution in [3.05, 3.63) is 0 Å². The van der Waals surface area contributed by atoms with Crippen LogP contribution < -0.4 is 5.73 Å². The lowest BCUT2D eigenvalue weighted by Gasteiger charge is -2.35. The van der Waals surface area contributed by atoms with Crippen LogP contribution in [-0.2, 0) is 19.1 Å². The van der Waals surface area contributed by atoms with Crippen molar-refractivity contribution in [1.82, 2.24) is 4.90 Å². The molecule has 1 rings (SSSR count). The number of primary amides is 1. The lowest BCUT2D eigenvalue weighted by atomic mass is 9.87. The molecule has 1 fully saturated rings. The number of amides is 2. The molecule has 6 nitrogen and oxygen atoms in total. The molecule has 146 valence electrons. The molecule has 4 unspecified atom stereocenters. The monoisotopic (exact) mass is 356 g/mol. The first-order valence-corrected chi connectivity index (χ1v) is 9.42. The molecule has 6 heteroatoms. The summed E-state index contributed by atoms with van der Waals surface area (Å²) >= 11 is 0. The smallest absolute Gasteiger partial charge is 0.225 e. The Morgan fingerprint density at radius 1 is 1.20 bits per heavy atom. The second-order valence-electron chi connectivity index (χ2n) is 7.41. The van der Waals surface area contributed by atoms with Crippen molar-refractivity contribution in [3.8, 4) is 0 Å². The molecule has 1 saturated heterocycles. The second-order valence-corrected chi connectivity index (χ2v) is 7.41. The van der Waals surface area contributed by atoms with Crippen LogP contribution in [0.3, 0.4) is 0 Å². The minimum absolute atomic E-state index is 0.0724. The van der Waals surface area contributed by atoms with Crippen LogP contribution in [0.25, 0.3) is 0 Å². The number of carbonyl (C=O) groups excluding carboxylic acids is 2. The molecule has 0 aliphatic carbocycles. The largest absolute Gasteiger partial charge is 0.381 e. The number of ether oxygens (including phenoxy) is 2. The minimum atomic E-state index is -0.430. The van der Waals surface area contributed by atoms with E-state index in [1.807, 2.05) is 4.90 Å². The van der Waals surface area contributed by atoms with Gasteiger partial charge in [0.15, 0.2) is 0 Å². The van der Waals surface area contributed by atoms with Crippen molar-refractivity contribution in [2.24, 2.45) is 23.5 Å². The van der Waals surface area contributed by atoms with Gasteiger partial charge in [-0.05, 0) is 24.7 Å². The van der Waals surface area contributed by atoms with Crippen LogP contribution in [0.1, 0.15) is 53.4 Å². The molecule has 1 heterocycles. The van der Waals surface area contributed by atoms with Crippen molar-refractivity contribution in [2.45, 2.75) is 71.6 Å². The molecule has 0 spiro atoms. The van der Waals surface area contributed by atoms with Gasteiger partial charge >= 0.3 is 0 Å². The number of hydrogen-bond donors (Lipinski definition) is 1. The maximum Gasteiger partial charge on any atom is 0.225 e. The zero-order valence-corrected chi connectivity index (χ0v) is 16.7. The first-order valence-electron chi connectivity index (χ1n) is 9.42. The molecule has 0 bridgehead atoms. The zero-order valence-electron chi connectivity index (χ0n) is 16.7. The number of methoxy groups -OCH3 is 2. The summed E-state index contributed by atoms with van der Waals surface area (Å²) in [7, 11) is 3.25. The van der Waals surface area contributed by atoms with Crippen molar-refractivity contribution in [3.63, 3.8) is 0 Å². The van der Waals surface area contributed by atoms with Crippen molar-refractivity contribution in [2.75, 3.05) is 20.8 Å². The van der Waals surface area contributed by atoms with Crippen molar-refractivity contribution >= 4 is 11.8 Å². The molecule has 0 aromatic carbocycles. The van der Waals surface area contributed by atoms with Crippen molar-refractivity contribution in [1.29, 1.82) is 0 Å². The van der Waals surface area contributed by atoms with Crippen LogP contribution in [-0.4, -0.2) is 55.7 Å². The third-order valence-corrected chi connectivity index (χ3v) is 6.02. The Bertz CT molecular complexity index is 443. The van der Waals surface area contributed by atoms with E-state index in [1.165, 1.54) is 0 Å². The predicted molar refractivity (Wildman–Crippen MR) is 97.9 cm³/mol. The molecule has 2 amide bonds. The fourth-order valence-corrected chi connectivity index (χ4v) is 3.81. The lowest BCUT2D eigenvalue weighted by molar-refractivity contribution is -0.141. The summed E-state index contributed by atoms with van der Waals surface area (Å²) < 4.78 is 11.2. The summed E-state index contributed by atoms with van der Waals surface area (Å²) in [6.45, 7) is 8.95. The highest BCUT2D eigenvalue weighted by Crippen LogP contribution is 2.29. The molecule has 6 atom stereocenters. The molecular weight excluding hydrogens is 320 g/mol. The van der Waals surface area contributed by atoms with Crippen molar-refractivity contribution < 1.29 is 19.1 Å². The number of nitrogens with two attached hydrogens (primary N) is 1. The van der Waals surface area contributed by atoms with E-state index in [0.29, 0.717) is 24.8 Å². The summed E-state index contributed by atoms with van der Waals surface area (Å²) in [4.78, 5) is 26.4. The average molecular weight is 357 g/mol. The lowest BCUT2D eigenvalue weighted by Crippen LogP contribution is -2.49. The zero-order chi connectivity index (χ0) is 19.1. The Kier molecular flexibility index (Phi) is 8.86. The van der Waals surface area contributed by atoms with Crippen LogP contribution in [0.5, 0.6) is 0 Å².